The molecule has 2 aliphatic heterocycles. The number of pyridine rings is 1. The molecule has 120 valence electrons. The lowest BCUT2D eigenvalue weighted by molar-refractivity contribution is -0.138. The molecular weight excluding hydrogens is 288 g/mol. The Balaban J connectivity index is 1.89. The second-order valence-corrected chi connectivity index (χ2v) is 5.81. The van der Waals surface area contributed by atoms with Gasteiger partial charge in [-0.2, -0.15) is 0 Å². The lowest BCUT2D eigenvalue weighted by Gasteiger charge is -2.26. The Kier molecular flexibility index (Phi) is 3.79. The summed E-state index contributed by atoms with van der Waals surface area (Å²) in [6, 6.07) is 2.79. The maximum absolute atomic E-state index is 11.3. The molecule has 2 saturated heterocycles. The average molecular weight is 308 g/mol. The lowest BCUT2D eigenvalue weighted by atomic mass is 10.2. The van der Waals surface area contributed by atoms with E-state index in [-0.39, 0.29) is 0 Å². The Hall–Kier alpha value is -2.06. The second-order valence-electron chi connectivity index (χ2n) is 5.81. The molecule has 2 fully saturated rings. The highest BCUT2D eigenvalue weighted by Gasteiger charge is 2.34. The first-order valence-corrected chi connectivity index (χ1v) is 7.34. The minimum atomic E-state index is -0.879. The summed E-state index contributed by atoms with van der Waals surface area (Å²) < 4.78 is 0. The molecule has 0 saturated carbocycles. The topological polar surface area (TPSA) is 123 Å². The van der Waals surface area contributed by atoms with Gasteiger partial charge >= 0.3 is 5.97 Å². The van der Waals surface area contributed by atoms with Crippen LogP contribution in [0.4, 0.5) is 17.3 Å². The van der Waals surface area contributed by atoms with E-state index in [9.17, 15) is 20.1 Å². The van der Waals surface area contributed by atoms with Crippen LogP contribution in [0.2, 0.25) is 0 Å². The van der Waals surface area contributed by atoms with E-state index in [1.54, 1.807) is 21.9 Å². The molecule has 3 unspecified atom stereocenters. The van der Waals surface area contributed by atoms with Crippen LogP contribution >= 0.6 is 0 Å². The van der Waals surface area contributed by atoms with E-state index >= 15 is 0 Å². The molecule has 22 heavy (non-hydrogen) atoms. The number of aliphatic carboxylic acids is 1. The van der Waals surface area contributed by atoms with E-state index in [2.05, 4.69) is 4.98 Å². The van der Waals surface area contributed by atoms with Crippen LogP contribution in [0.5, 0.6) is 0 Å². The summed E-state index contributed by atoms with van der Waals surface area (Å²) in [4.78, 5) is 19.3. The number of hydrogen-bond donors (Lipinski definition) is 4. The Bertz CT molecular complexity index is 572. The minimum absolute atomic E-state index is 0.292. The van der Waals surface area contributed by atoms with Gasteiger partial charge in [-0.1, -0.05) is 0 Å². The number of rotatable bonds is 3. The highest BCUT2D eigenvalue weighted by molar-refractivity contribution is 5.81. The fraction of sp³-hybridized carbons (Fsp3) is 0.571. The molecule has 0 aromatic carbocycles. The summed E-state index contributed by atoms with van der Waals surface area (Å²) in [7, 11) is 0. The average Bonchev–Trinajstić information content (AvgIpc) is 3.07. The Labute approximate surface area is 127 Å². The molecule has 0 bridgehead atoms. The number of carboxylic acids is 1. The van der Waals surface area contributed by atoms with Gasteiger partial charge in [-0.15, -0.1) is 0 Å². The molecule has 1 aromatic rings. The third kappa shape index (κ3) is 2.55. The third-order valence-corrected chi connectivity index (χ3v) is 4.28. The number of nitrogens with two attached hydrogens (primary N) is 1. The van der Waals surface area contributed by atoms with Crippen molar-refractivity contribution in [1.82, 2.24) is 4.98 Å². The zero-order valence-corrected chi connectivity index (χ0v) is 12.1. The van der Waals surface area contributed by atoms with Gasteiger partial charge in [0.15, 0.2) is 5.82 Å². The van der Waals surface area contributed by atoms with Crippen LogP contribution in [0.25, 0.3) is 0 Å². The zero-order valence-electron chi connectivity index (χ0n) is 12.1. The third-order valence-electron chi connectivity index (χ3n) is 4.28. The van der Waals surface area contributed by atoms with Crippen LogP contribution in [0, 0.1) is 0 Å². The number of nitrogens with zero attached hydrogens (tertiary/aromatic N) is 3. The largest absolute Gasteiger partial charge is 0.480 e. The number of aliphatic hydroxyl groups excluding tert-OH is 2. The standard InChI is InChI=1S/C14H20N4O4/c15-8-3-4-12(17-6-10(19)11(20)7-17)16-13(8)18-5-1-2-9(18)14(21)22/h3-4,9-11,19-20H,1-2,5-7,15H2,(H,21,22). The number of nitrogen functional groups attached to an aromatic ring is 1. The maximum Gasteiger partial charge on any atom is 0.326 e. The smallest absolute Gasteiger partial charge is 0.326 e. The van der Waals surface area contributed by atoms with E-state index in [1.165, 1.54) is 0 Å². The highest BCUT2D eigenvalue weighted by atomic mass is 16.4. The first-order chi connectivity index (χ1) is 10.5. The minimum Gasteiger partial charge on any atom is -0.480 e. The van der Waals surface area contributed by atoms with Crippen molar-refractivity contribution in [3.63, 3.8) is 0 Å². The molecule has 5 N–H and O–H groups in total. The summed E-state index contributed by atoms with van der Waals surface area (Å²) in [5, 5.41) is 28.6. The van der Waals surface area contributed by atoms with E-state index < -0.39 is 24.2 Å². The van der Waals surface area contributed by atoms with Crippen LogP contribution in [-0.2, 0) is 4.79 Å². The quantitative estimate of drug-likeness (QED) is 0.576. The number of β-amino-alcohol motifs (C(OH)–C–C–N with tert-alkyl or cyclic N) is 2. The van der Waals surface area contributed by atoms with Crippen molar-refractivity contribution in [2.75, 3.05) is 35.2 Å². The molecule has 0 radical (unpaired) electrons. The van der Waals surface area contributed by atoms with Gasteiger partial charge in [-0.25, -0.2) is 9.78 Å². The number of aliphatic hydroxyl groups is 2. The maximum atomic E-state index is 11.3. The monoisotopic (exact) mass is 308 g/mol. The SMILES string of the molecule is Nc1ccc(N2CC(O)C(O)C2)nc1N1CCCC1C(=O)O. The van der Waals surface area contributed by atoms with Crippen molar-refractivity contribution in [3.05, 3.63) is 12.1 Å². The number of carboxylic acid groups (broad SMARTS) is 1. The molecule has 3 rings (SSSR count). The predicted octanol–water partition coefficient (Wildman–Crippen LogP) is -0.741. The zero-order chi connectivity index (χ0) is 15.9. The molecule has 3 heterocycles. The normalized spacial score (nSPS) is 28.4. The van der Waals surface area contributed by atoms with Gasteiger partial charge in [0, 0.05) is 19.6 Å². The highest BCUT2D eigenvalue weighted by Crippen LogP contribution is 2.31. The van der Waals surface area contributed by atoms with Gasteiger partial charge in [-0.3, -0.25) is 0 Å². The second kappa shape index (κ2) is 5.62. The van der Waals surface area contributed by atoms with E-state index in [0.29, 0.717) is 43.4 Å². The Morgan fingerprint density at radius 3 is 2.59 bits per heavy atom. The summed E-state index contributed by atoms with van der Waals surface area (Å²) in [5.41, 5.74) is 6.40. The number of anilines is 3. The van der Waals surface area contributed by atoms with E-state index in [1.807, 2.05) is 0 Å². The van der Waals surface area contributed by atoms with Crippen LogP contribution in [0.3, 0.4) is 0 Å². The van der Waals surface area contributed by atoms with Gasteiger partial charge < -0.3 is 30.9 Å². The molecule has 8 heteroatoms. The van der Waals surface area contributed by atoms with Gasteiger partial charge in [0.2, 0.25) is 0 Å². The van der Waals surface area contributed by atoms with Crippen molar-refractivity contribution in [3.8, 4) is 0 Å². The summed E-state index contributed by atoms with van der Waals surface area (Å²) in [6.07, 6.45) is -0.256. The molecule has 8 nitrogen and oxygen atoms in total. The van der Waals surface area contributed by atoms with E-state index in [0.717, 1.165) is 6.42 Å². The van der Waals surface area contributed by atoms with Gasteiger partial charge in [0.25, 0.3) is 0 Å². The summed E-state index contributed by atoms with van der Waals surface area (Å²) in [6.45, 7) is 1.18. The van der Waals surface area contributed by atoms with Crippen LogP contribution in [0.1, 0.15) is 12.8 Å². The van der Waals surface area contributed by atoms with Gasteiger partial charge in [0.05, 0.1) is 17.9 Å². The molecule has 0 amide bonds. The fourth-order valence-electron chi connectivity index (χ4n) is 3.09. The first-order valence-electron chi connectivity index (χ1n) is 7.34. The number of hydrogen-bond acceptors (Lipinski definition) is 7. The van der Waals surface area contributed by atoms with Crippen molar-refractivity contribution < 1.29 is 20.1 Å². The number of aromatic nitrogens is 1. The molecule has 0 spiro atoms. The van der Waals surface area contributed by atoms with Crippen LogP contribution in [0.15, 0.2) is 12.1 Å². The number of carbonyl (C=O) groups is 1. The Morgan fingerprint density at radius 2 is 1.95 bits per heavy atom. The Morgan fingerprint density at radius 1 is 1.27 bits per heavy atom. The fourth-order valence-corrected chi connectivity index (χ4v) is 3.09. The van der Waals surface area contributed by atoms with Crippen molar-refractivity contribution in [2.45, 2.75) is 31.1 Å². The molecule has 2 aliphatic rings. The van der Waals surface area contributed by atoms with Crippen LogP contribution < -0.4 is 15.5 Å². The summed E-state index contributed by atoms with van der Waals surface area (Å²) in [5.74, 6) is 0.158. The van der Waals surface area contributed by atoms with Gasteiger partial charge in [0.1, 0.15) is 11.9 Å². The molecular formula is C14H20N4O4. The first kappa shape index (κ1) is 14.9. The molecule has 3 atom stereocenters. The summed E-state index contributed by atoms with van der Waals surface area (Å²) >= 11 is 0. The van der Waals surface area contributed by atoms with E-state index in [4.69, 9.17) is 5.73 Å². The lowest BCUT2D eigenvalue weighted by Crippen LogP contribution is -2.37. The van der Waals surface area contributed by atoms with Crippen LogP contribution in [-0.4, -0.2) is 64.2 Å². The van der Waals surface area contributed by atoms with Crippen molar-refractivity contribution in [2.24, 2.45) is 0 Å². The van der Waals surface area contributed by atoms with Gasteiger partial charge in [-0.05, 0) is 25.0 Å². The van der Waals surface area contributed by atoms with Crippen molar-refractivity contribution in [1.29, 1.82) is 0 Å². The predicted molar refractivity (Wildman–Crippen MR) is 80.9 cm³/mol. The van der Waals surface area contributed by atoms with Crippen molar-refractivity contribution >= 4 is 23.3 Å². The molecule has 0 aliphatic carbocycles. The molecule has 1 aromatic heterocycles.